The van der Waals surface area contributed by atoms with E-state index in [2.05, 4.69) is 0 Å². The average Bonchev–Trinajstić information content (AvgIpc) is 2.02. The van der Waals surface area contributed by atoms with E-state index in [1.165, 1.54) is 6.08 Å². The van der Waals surface area contributed by atoms with Gasteiger partial charge in [0, 0.05) is 0 Å². The van der Waals surface area contributed by atoms with Crippen LogP contribution in [-0.4, -0.2) is 23.9 Å². The maximum atomic E-state index is 10.3. The summed E-state index contributed by atoms with van der Waals surface area (Å²) >= 11 is 0. The fourth-order valence-electron chi connectivity index (χ4n) is 0.729. The van der Waals surface area contributed by atoms with E-state index in [-0.39, 0.29) is 11.0 Å². The third-order valence-electron chi connectivity index (χ3n) is 1.23. The second-order valence-electron chi connectivity index (χ2n) is 2.23. The molecule has 0 aliphatic heterocycles. The molecular formula is C8H12O3SSi. The van der Waals surface area contributed by atoms with Crippen LogP contribution in [0, 0.1) is 0 Å². The molecule has 0 aromatic heterocycles. The van der Waals surface area contributed by atoms with Crippen molar-refractivity contribution in [1.29, 1.82) is 0 Å². The second kappa shape index (κ2) is 4.96. The van der Waals surface area contributed by atoms with Crippen LogP contribution in [-0.2, 0) is 10.1 Å². The zero-order valence-electron chi connectivity index (χ0n) is 6.21. The molecular weight excluding hydrogens is 204 g/mol. The summed E-state index contributed by atoms with van der Waals surface area (Å²) in [7, 11) is -4.00. The van der Waals surface area contributed by atoms with Crippen molar-refractivity contribution in [3.63, 3.8) is 0 Å². The Balaban J connectivity index is 0.00000144. The third-order valence-corrected chi connectivity index (χ3v) is 1.71. The zero-order valence-corrected chi connectivity index (χ0v) is 7.03. The Labute approximate surface area is 81.9 Å². The Morgan fingerprint density at radius 2 is 1.69 bits per heavy atom. The third kappa shape index (κ3) is 5.35. The highest BCUT2D eigenvalue weighted by atomic mass is 32.2. The summed E-state index contributed by atoms with van der Waals surface area (Å²) in [5.74, 6) is 0. The van der Waals surface area contributed by atoms with E-state index in [0.717, 1.165) is 11.0 Å². The van der Waals surface area contributed by atoms with Crippen molar-refractivity contribution in [2.75, 3.05) is 0 Å². The standard InChI is InChI=1S/C8H8O3S.H4Si/c9-12(10,11)7-6-8-4-2-1-3-5-8;/h1-7H,(H,9,10,11);1H4. The molecule has 0 aliphatic rings. The van der Waals surface area contributed by atoms with Crippen LogP contribution in [0.25, 0.3) is 6.08 Å². The average molecular weight is 216 g/mol. The molecule has 0 fully saturated rings. The van der Waals surface area contributed by atoms with Gasteiger partial charge < -0.3 is 0 Å². The predicted octanol–water partition coefficient (Wildman–Crippen LogP) is 0.0935. The lowest BCUT2D eigenvalue weighted by Gasteiger charge is -1.89. The van der Waals surface area contributed by atoms with E-state index in [1.807, 2.05) is 6.07 Å². The van der Waals surface area contributed by atoms with E-state index in [4.69, 9.17) is 4.55 Å². The van der Waals surface area contributed by atoms with Crippen LogP contribution in [0.1, 0.15) is 5.56 Å². The summed E-state index contributed by atoms with van der Waals surface area (Å²) in [5, 5.41) is 0.752. The molecule has 1 aromatic carbocycles. The van der Waals surface area contributed by atoms with Gasteiger partial charge in [-0.05, 0) is 22.6 Å². The lowest BCUT2D eigenvalue weighted by Crippen LogP contribution is -1.88. The van der Waals surface area contributed by atoms with Crippen LogP contribution in [0.15, 0.2) is 35.7 Å². The van der Waals surface area contributed by atoms with Gasteiger partial charge in [0.05, 0.1) is 5.41 Å². The molecule has 0 heterocycles. The van der Waals surface area contributed by atoms with E-state index < -0.39 is 10.1 Å². The number of benzene rings is 1. The maximum absolute atomic E-state index is 10.3. The van der Waals surface area contributed by atoms with Gasteiger partial charge in [-0.15, -0.1) is 0 Å². The SMILES string of the molecule is O=S(=O)(O)C=Cc1ccccc1.[SiH4]. The van der Waals surface area contributed by atoms with Gasteiger partial charge in [0.1, 0.15) is 0 Å². The Bertz CT molecular complexity index is 370. The van der Waals surface area contributed by atoms with Gasteiger partial charge >= 0.3 is 0 Å². The van der Waals surface area contributed by atoms with Crippen LogP contribution < -0.4 is 0 Å². The Kier molecular flexibility index (Phi) is 4.61. The molecule has 13 heavy (non-hydrogen) atoms. The van der Waals surface area contributed by atoms with Gasteiger partial charge in [-0.3, -0.25) is 4.55 Å². The van der Waals surface area contributed by atoms with Crippen molar-refractivity contribution >= 4 is 27.2 Å². The van der Waals surface area contributed by atoms with E-state index in [0.29, 0.717) is 0 Å². The molecule has 1 N–H and O–H groups in total. The molecule has 0 unspecified atom stereocenters. The Morgan fingerprint density at radius 1 is 1.15 bits per heavy atom. The highest BCUT2D eigenvalue weighted by Crippen LogP contribution is 2.01. The minimum atomic E-state index is -4.00. The van der Waals surface area contributed by atoms with Crippen molar-refractivity contribution < 1.29 is 13.0 Å². The number of rotatable bonds is 2. The number of hydrogen-bond acceptors (Lipinski definition) is 2. The molecule has 0 amide bonds. The number of hydrogen-bond donors (Lipinski definition) is 1. The van der Waals surface area contributed by atoms with Crippen LogP contribution in [0.2, 0.25) is 0 Å². The molecule has 5 heteroatoms. The Morgan fingerprint density at radius 3 is 2.15 bits per heavy atom. The fraction of sp³-hybridized carbons (Fsp3) is 0. The molecule has 0 aliphatic carbocycles. The summed E-state index contributed by atoms with van der Waals surface area (Å²) < 4.78 is 28.9. The molecule has 72 valence electrons. The largest absolute Gasteiger partial charge is 0.287 e. The van der Waals surface area contributed by atoms with E-state index >= 15 is 0 Å². The van der Waals surface area contributed by atoms with Gasteiger partial charge in [0.15, 0.2) is 0 Å². The predicted molar refractivity (Wildman–Crippen MR) is 58.4 cm³/mol. The molecule has 0 saturated heterocycles. The molecule has 0 spiro atoms. The summed E-state index contributed by atoms with van der Waals surface area (Å²) in [6.07, 6.45) is 1.33. The van der Waals surface area contributed by atoms with Crippen molar-refractivity contribution in [1.82, 2.24) is 0 Å². The first-order valence-electron chi connectivity index (χ1n) is 3.28. The minimum absolute atomic E-state index is 0. The quantitative estimate of drug-likeness (QED) is 0.563. The smallest absolute Gasteiger partial charge is 0.282 e. The van der Waals surface area contributed by atoms with Crippen LogP contribution in [0.3, 0.4) is 0 Å². The zero-order chi connectivity index (χ0) is 9.03. The molecule has 0 bridgehead atoms. The normalized spacial score (nSPS) is 11.2. The van der Waals surface area contributed by atoms with E-state index in [1.54, 1.807) is 24.3 Å². The molecule has 3 nitrogen and oxygen atoms in total. The topological polar surface area (TPSA) is 54.4 Å². The van der Waals surface area contributed by atoms with Crippen molar-refractivity contribution in [2.45, 2.75) is 0 Å². The van der Waals surface area contributed by atoms with E-state index in [9.17, 15) is 8.42 Å². The highest BCUT2D eigenvalue weighted by Gasteiger charge is 1.94. The summed E-state index contributed by atoms with van der Waals surface area (Å²) in [6, 6.07) is 8.86. The van der Waals surface area contributed by atoms with Gasteiger partial charge in [0.25, 0.3) is 10.1 Å². The summed E-state index contributed by atoms with van der Waals surface area (Å²) in [4.78, 5) is 0. The Hall–Kier alpha value is -0.913. The first-order chi connectivity index (χ1) is 5.58. The molecule has 1 aromatic rings. The minimum Gasteiger partial charge on any atom is -0.282 e. The van der Waals surface area contributed by atoms with Crippen LogP contribution in [0.4, 0.5) is 0 Å². The highest BCUT2D eigenvalue weighted by molar-refractivity contribution is 7.88. The first-order valence-corrected chi connectivity index (χ1v) is 4.79. The van der Waals surface area contributed by atoms with Gasteiger partial charge in [0.2, 0.25) is 0 Å². The molecule has 0 radical (unpaired) electrons. The molecule has 0 atom stereocenters. The monoisotopic (exact) mass is 216 g/mol. The summed E-state index contributed by atoms with van der Waals surface area (Å²) in [5.41, 5.74) is 0.732. The van der Waals surface area contributed by atoms with Gasteiger partial charge in [-0.2, -0.15) is 8.42 Å². The lowest BCUT2D eigenvalue weighted by atomic mass is 10.2. The van der Waals surface area contributed by atoms with Crippen molar-refractivity contribution in [3.8, 4) is 0 Å². The fourth-order valence-corrected chi connectivity index (χ4v) is 1.06. The lowest BCUT2D eigenvalue weighted by molar-refractivity contribution is 0.494. The second-order valence-corrected chi connectivity index (χ2v) is 3.53. The summed E-state index contributed by atoms with van der Waals surface area (Å²) in [6.45, 7) is 0. The van der Waals surface area contributed by atoms with Gasteiger partial charge in [-0.1, -0.05) is 30.3 Å². The molecule has 0 saturated carbocycles. The van der Waals surface area contributed by atoms with Gasteiger partial charge in [-0.25, -0.2) is 0 Å². The maximum Gasteiger partial charge on any atom is 0.287 e. The van der Waals surface area contributed by atoms with Crippen LogP contribution in [0.5, 0.6) is 0 Å². The first kappa shape index (κ1) is 12.1. The molecule has 1 rings (SSSR count). The van der Waals surface area contributed by atoms with Crippen molar-refractivity contribution in [2.24, 2.45) is 0 Å². The van der Waals surface area contributed by atoms with Crippen molar-refractivity contribution in [3.05, 3.63) is 41.3 Å². The van der Waals surface area contributed by atoms with Crippen LogP contribution >= 0.6 is 0 Å².